The third kappa shape index (κ3) is 5.65. The lowest BCUT2D eigenvalue weighted by Gasteiger charge is -2.10. The van der Waals surface area contributed by atoms with Gasteiger partial charge in [-0.1, -0.05) is 53.5 Å². The lowest BCUT2D eigenvalue weighted by molar-refractivity contribution is 0.497. The Morgan fingerprint density at radius 2 is 1.96 bits per heavy atom. The third-order valence-electron chi connectivity index (χ3n) is 3.98. The normalized spacial score (nSPS) is 11.2. The molecule has 0 aliphatic carbocycles. The maximum atomic E-state index is 6.10. The molecular formula is C19H22Cl2IN5O. The van der Waals surface area contributed by atoms with Crippen molar-refractivity contribution < 1.29 is 4.42 Å². The van der Waals surface area contributed by atoms with Crippen LogP contribution in [-0.4, -0.2) is 22.1 Å². The standard InChI is InChI=1S/C19H21Cl2N5O.HI/c1-3-22-19(24-10-14-9-15(20)18(21)26(14)2)25-12-17-23-11-16(27-17)13-7-5-4-6-8-13;/h4-9,11H,3,10,12H2,1-2H3,(H2,22,24,25);1H. The zero-order valence-electron chi connectivity index (χ0n) is 15.6. The predicted molar refractivity (Wildman–Crippen MR) is 124 cm³/mol. The van der Waals surface area contributed by atoms with Crippen LogP contribution in [0.3, 0.4) is 0 Å². The highest BCUT2D eigenvalue weighted by Gasteiger charge is 2.10. The van der Waals surface area contributed by atoms with E-state index in [0.717, 1.165) is 23.6 Å². The molecule has 0 radical (unpaired) electrons. The molecule has 0 aliphatic rings. The van der Waals surface area contributed by atoms with Crippen molar-refractivity contribution in [1.29, 1.82) is 0 Å². The summed E-state index contributed by atoms with van der Waals surface area (Å²) in [6, 6.07) is 11.7. The van der Waals surface area contributed by atoms with Crippen LogP contribution in [0.4, 0.5) is 0 Å². The molecule has 6 nitrogen and oxygen atoms in total. The first-order valence-corrected chi connectivity index (χ1v) is 9.36. The van der Waals surface area contributed by atoms with Crippen LogP contribution in [0.15, 0.2) is 52.0 Å². The quantitative estimate of drug-likeness (QED) is 0.270. The maximum absolute atomic E-state index is 6.10. The van der Waals surface area contributed by atoms with Crippen LogP contribution in [0.1, 0.15) is 18.5 Å². The number of guanidine groups is 1. The molecule has 0 saturated carbocycles. The van der Waals surface area contributed by atoms with Crippen molar-refractivity contribution in [2.75, 3.05) is 6.54 Å². The number of hydrogen-bond donors (Lipinski definition) is 2. The lowest BCUT2D eigenvalue weighted by atomic mass is 10.2. The van der Waals surface area contributed by atoms with Crippen molar-refractivity contribution >= 4 is 53.1 Å². The summed E-state index contributed by atoms with van der Waals surface area (Å²) in [5.41, 5.74) is 1.92. The first-order valence-electron chi connectivity index (χ1n) is 8.60. The summed E-state index contributed by atoms with van der Waals surface area (Å²) < 4.78 is 7.62. The second-order valence-corrected chi connectivity index (χ2v) is 6.63. The summed E-state index contributed by atoms with van der Waals surface area (Å²) in [5, 5.41) is 7.45. The van der Waals surface area contributed by atoms with E-state index in [-0.39, 0.29) is 24.0 Å². The fourth-order valence-electron chi connectivity index (χ4n) is 2.53. The van der Waals surface area contributed by atoms with E-state index in [9.17, 15) is 0 Å². The van der Waals surface area contributed by atoms with Gasteiger partial charge in [-0.3, -0.25) is 0 Å². The largest absolute Gasteiger partial charge is 0.439 e. The molecule has 0 unspecified atom stereocenters. The van der Waals surface area contributed by atoms with Crippen molar-refractivity contribution in [1.82, 2.24) is 20.2 Å². The summed E-state index contributed by atoms with van der Waals surface area (Å²) in [7, 11) is 1.86. The highest BCUT2D eigenvalue weighted by Crippen LogP contribution is 2.25. The molecule has 0 atom stereocenters. The van der Waals surface area contributed by atoms with Crippen molar-refractivity contribution in [3.63, 3.8) is 0 Å². The van der Waals surface area contributed by atoms with Gasteiger partial charge in [-0.2, -0.15) is 0 Å². The van der Waals surface area contributed by atoms with E-state index in [1.165, 1.54) is 0 Å². The van der Waals surface area contributed by atoms with Gasteiger partial charge < -0.3 is 19.6 Å². The fourth-order valence-corrected chi connectivity index (χ4v) is 2.95. The van der Waals surface area contributed by atoms with Crippen LogP contribution in [-0.2, 0) is 20.1 Å². The maximum Gasteiger partial charge on any atom is 0.214 e. The number of aliphatic imine (C=N–C) groups is 1. The van der Waals surface area contributed by atoms with Crippen LogP contribution in [0.2, 0.25) is 10.2 Å². The zero-order chi connectivity index (χ0) is 19.2. The van der Waals surface area contributed by atoms with Crippen LogP contribution in [0.5, 0.6) is 0 Å². The van der Waals surface area contributed by atoms with E-state index >= 15 is 0 Å². The van der Waals surface area contributed by atoms with Gasteiger partial charge >= 0.3 is 0 Å². The number of benzene rings is 1. The fraction of sp³-hybridized carbons (Fsp3) is 0.263. The van der Waals surface area contributed by atoms with E-state index < -0.39 is 0 Å². The van der Waals surface area contributed by atoms with Crippen LogP contribution < -0.4 is 10.6 Å². The van der Waals surface area contributed by atoms with Gasteiger partial charge in [0.1, 0.15) is 5.15 Å². The van der Waals surface area contributed by atoms with Gasteiger partial charge in [0.2, 0.25) is 5.89 Å². The molecule has 3 rings (SSSR count). The predicted octanol–water partition coefficient (Wildman–Crippen LogP) is 4.86. The Labute approximate surface area is 191 Å². The Bertz CT molecular complexity index is 924. The SMILES string of the molecule is CCNC(=NCc1cc(Cl)c(Cl)n1C)NCc1ncc(-c2ccccc2)o1.I. The Hall–Kier alpha value is -1.71. The van der Waals surface area contributed by atoms with Crippen LogP contribution in [0.25, 0.3) is 11.3 Å². The molecule has 0 spiro atoms. The minimum absolute atomic E-state index is 0. The molecule has 0 bridgehead atoms. The molecule has 28 heavy (non-hydrogen) atoms. The number of oxazole rings is 1. The van der Waals surface area contributed by atoms with Gasteiger partial charge in [0.25, 0.3) is 0 Å². The first kappa shape index (κ1) is 22.6. The summed E-state index contributed by atoms with van der Waals surface area (Å²) in [4.78, 5) is 8.89. The lowest BCUT2D eigenvalue weighted by Crippen LogP contribution is -2.36. The van der Waals surface area contributed by atoms with E-state index in [1.54, 1.807) is 6.20 Å². The molecule has 2 N–H and O–H groups in total. The molecule has 0 fully saturated rings. The summed E-state index contributed by atoms with van der Waals surface area (Å²) in [6.45, 7) is 3.61. The average molecular weight is 534 g/mol. The number of nitrogens with zero attached hydrogens (tertiary/aromatic N) is 3. The highest BCUT2D eigenvalue weighted by atomic mass is 127. The second kappa shape index (κ2) is 10.7. The van der Waals surface area contributed by atoms with Gasteiger partial charge in [0.05, 0.1) is 24.3 Å². The number of halogens is 3. The molecule has 0 saturated heterocycles. The first-order chi connectivity index (χ1) is 13.1. The molecule has 150 valence electrons. The van der Waals surface area contributed by atoms with Crippen LogP contribution >= 0.6 is 47.2 Å². The topological polar surface area (TPSA) is 67.4 Å². The van der Waals surface area contributed by atoms with E-state index in [2.05, 4.69) is 20.6 Å². The number of rotatable bonds is 6. The minimum Gasteiger partial charge on any atom is -0.439 e. The van der Waals surface area contributed by atoms with Gasteiger partial charge in [0, 0.05) is 24.8 Å². The highest BCUT2D eigenvalue weighted by molar-refractivity contribution is 14.0. The summed E-state index contributed by atoms with van der Waals surface area (Å²) in [5.74, 6) is 1.98. The molecule has 3 aromatic rings. The van der Waals surface area contributed by atoms with Gasteiger partial charge in [-0.25, -0.2) is 9.98 Å². The number of hydrogen-bond acceptors (Lipinski definition) is 3. The van der Waals surface area contributed by atoms with E-state index in [1.807, 2.05) is 54.9 Å². The monoisotopic (exact) mass is 533 g/mol. The van der Waals surface area contributed by atoms with Gasteiger partial charge in [0.15, 0.2) is 11.7 Å². The zero-order valence-corrected chi connectivity index (χ0v) is 19.4. The Morgan fingerprint density at radius 3 is 2.61 bits per heavy atom. The van der Waals surface area contributed by atoms with E-state index in [4.69, 9.17) is 27.6 Å². The third-order valence-corrected chi connectivity index (χ3v) is 4.82. The molecule has 9 heteroatoms. The number of aromatic nitrogens is 2. The van der Waals surface area contributed by atoms with Crippen molar-refractivity contribution in [2.24, 2.45) is 12.0 Å². The van der Waals surface area contributed by atoms with Crippen molar-refractivity contribution in [2.45, 2.75) is 20.0 Å². The Morgan fingerprint density at radius 1 is 1.21 bits per heavy atom. The molecular weight excluding hydrogens is 512 g/mol. The molecule has 2 heterocycles. The molecule has 0 amide bonds. The molecule has 0 aliphatic heterocycles. The van der Waals surface area contributed by atoms with E-state index in [0.29, 0.717) is 35.1 Å². The van der Waals surface area contributed by atoms with Crippen molar-refractivity contribution in [3.05, 3.63) is 64.4 Å². The number of nitrogens with one attached hydrogen (secondary N) is 2. The van der Waals surface area contributed by atoms with Crippen LogP contribution in [0, 0.1) is 0 Å². The summed E-state index contributed by atoms with van der Waals surface area (Å²) in [6.07, 6.45) is 1.73. The molecule has 1 aromatic carbocycles. The summed E-state index contributed by atoms with van der Waals surface area (Å²) >= 11 is 12.2. The van der Waals surface area contributed by atoms with Crippen molar-refractivity contribution in [3.8, 4) is 11.3 Å². The minimum atomic E-state index is 0. The van der Waals surface area contributed by atoms with Gasteiger partial charge in [-0.15, -0.1) is 24.0 Å². The average Bonchev–Trinajstić information content (AvgIpc) is 3.25. The molecule has 2 aromatic heterocycles. The second-order valence-electron chi connectivity index (χ2n) is 5.87. The van der Waals surface area contributed by atoms with Gasteiger partial charge in [-0.05, 0) is 13.0 Å². The Kier molecular flexibility index (Phi) is 8.65. The Balaban J connectivity index is 0.00000280. The smallest absolute Gasteiger partial charge is 0.214 e.